The fraction of sp³-hybridized carbons (Fsp3) is 0.154. The van der Waals surface area contributed by atoms with E-state index in [1.807, 2.05) is 37.3 Å². The maximum Gasteiger partial charge on any atom is 0.232 e. The van der Waals surface area contributed by atoms with Crippen LogP contribution in [-0.4, -0.2) is 22.1 Å². The first-order chi connectivity index (χ1) is 9.17. The summed E-state index contributed by atoms with van der Waals surface area (Å²) >= 11 is 5.01. The smallest absolute Gasteiger partial charge is 0.232 e. The summed E-state index contributed by atoms with van der Waals surface area (Å²) in [5.41, 5.74) is 0.794. The third-order valence-corrected chi connectivity index (χ3v) is 2.55. The SMILES string of the molecule is CNC(=S)Nc1nc(C)cc(Oc2ccccc2)n1. The maximum absolute atomic E-state index is 5.66. The van der Waals surface area contributed by atoms with Crippen LogP contribution in [0.3, 0.4) is 0 Å². The van der Waals surface area contributed by atoms with Gasteiger partial charge in [0.1, 0.15) is 5.75 Å². The molecular formula is C13H14N4OS. The number of anilines is 1. The number of ether oxygens (including phenoxy) is 1. The molecule has 0 amide bonds. The molecule has 98 valence electrons. The summed E-state index contributed by atoms with van der Waals surface area (Å²) in [6, 6.07) is 11.2. The molecule has 0 aliphatic carbocycles. The van der Waals surface area contributed by atoms with E-state index >= 15 is 0 Å². The number of aryl methyl sites for hydroxylation is 1. The van der Waals surface area contributed by atoms with Crippen molar-refractivity contribution in [2.45, 2.75) is 6.92 Å². The first kappa shape index (κ1) is 13.2. The lowest BCUT2D eigenvalue weighted by molar-refractivity contribution is 0.462. The molecule has 0 atom stereocenters. The summed E-state index contributed by atoms with van der Waals surface area (Å²) in [7, 11) is 1.73. The van der Waals surface area contributed by atoms with E-state index in [2.05, 4.69) is 20.6 Å². The molecule has 0 unspecified atom stereocenters. The highest BCUT2D eigenvalue weighted by molar-refractivity contribution is 7.80. The average molecular weight is 274 g/mol. The van der Waals surface area contributed by atoms with E-state index in [0.29, 0.717) is 16.9 Å². The molecule has 5 nitrogen and oxygen atoms in total. The molecule has 2 aromatic rings. The predicted octanol–water partition coefficient (Wildman–Crippen LogP) is 2.49. The number of hydrogen-bond acceptors (Lipinski definition) is 4. The van der Waals surface area contributed by atoms with Gasteiger partial charge in [0, 0.05) is 18.8 Å². The molecule has 0 aliphatic rings. The van der Waals surface area contributed by atoms with Crippen LogP contribution < -0.4 is 15.4 Å². The maximum atomic E-state index is 5.66. The Morgan fingerprint density at radius 1 is 1.21 bits per heavy atom. The Balaban J connectivity index is 2.19. The van der Waals surface area contributed by atoms with Gasteiger partial charge in [-0.25, -0.2) is 4.98 Å². The van der Waals surface area contributed by atoms with Gasteiger partial charge in [0.05, 0.1) is 0 Å². The van der Waals surface area contributed by atoms with Crippen molar-refractivity contribution < 1.29 is 4.74 Å². The van der Waals surface area contributed by atoms with Crippen molar-refractivity contribution in [3.8, 4) is 11.6 Å². The van der Waals surface area contributed by atoms with Crippen molar-refractivity contribution in [2.75, 3.05) is 12.4 Å². The van der Waals surface area contributed by atoms with Gasteiger partial charge in [-0.05, 0) is 31.3 Å². The molecule has 1 heterocycles. The van der Waals surface area contributed by atoms with Gasteiger partial charge in [-0.15, -0.1) is 0 Å². The Labute approximate surface area is 117 Å². The second kappa shape index (κ2) is 6.10. The van der Waals surface area contributed by atoms with Gasteiger partial charge in [-0.3, -0.25) is 0 Å². The van der Waals surface area contributed by atoms with Gasteiger partial charge in [0.25, 0.3) is 0 Å². The molecule has 2 rings (SSSR count). The fourth-order valence-electron chi connectivity index (χ4n) is 1.42. The van der Waals surface area contributed by atoms with Gasteiger partial charge < -0.3 is 15.4 Å². The van der Waals surface area contributed by atoms with Crippen LogP contribution in [0.25, 0.3) is 0 Å². The number of thiocarbonyl (C=S) groups is 1. The zero-order valence-electron chi connectivity index (χ0n) is 10.7. The minimum absolute atomic E-state index is 0.408. The summed E-state index contributed by atoms with van der Waals surface area (Å²) in [5.74, 6) is 1.60. The van der Waals surface area contributed by atoms with E-state index in [1.54, 1.807) is 13.1 Å². The Bertz CT molecular complexity index is 574. The molecule has 0 aliphatic heterocycles. The molecule has 19 heavy (non-hydrogen) atoms. The summed E-state index contributed by atoms with van der Waals surface area (Å²) in [5, 5.41) is 6.13. The third-order valence-electron chi connectivity index (χ3n) is 2.25. The van der Waals surface area contributed by atoms with Crippen LogP contribution in [0.5, 0.6) is 11.6 Å². The van der Waals surface area contributed by atoms with Crippen LogP contribution in [0.15, 0.2) is 36.4 Å². The molecular weight excluding hydrogens is 260 g/mol. The van der Waals surface area contributed by atoms with E-state index in [-0.39, 0.29) is 0 Å². The number of nitrogens with zero attached hydrogens (tertiary/aromatic N) is 2. The topological polar surface area (TPSA) is 59.1 Å². The molecule has 1 aromatic heterocycles. The highest BCUT2D eigenvalue weighted by atomic mass is 32.1. The fourth-order valence-corrected chi connectivity index (χ4v) is 1.51. The second-order valence-corrected chi connectivity index (χ2v) is 4.20. The van der Waals surface area contributed by atoms with Crippen LogP contribution in [0.1, 0.15) is 5.69 Å². The lowest BCUT2D eigenvalue weighted by atomic mass is 10.3. The standard InChI is InChI=1S/C13H14N4OS/c1-9-8-11(18-10-6-4-3-5-7-10)16-12(15-9)17-13(19)14-2/h3-8H,1-2H3,(H2,14,15,16,17,19). The minimum Gasteiger partial charge on any atom is -0.439 e. The van der Waals surface area contributed by atoms with Crippen molar-refractivity contribution in [1.29, 1.82) is 0 Å². The summed E-state index contributed by atoms with van der Waals surface area (Å²) in [6.07, 6.45) is 0. The monoisotopic (exact) mass is 274 g/mol. The van der Waals surface area contributed by atoms with Gasteiger partial charge in [0.2, 0.25) is 11.8 Å². The zero-order chi connectivity index (χ0) is 13.7. The van der Waals surface area contributed by atoms with Crippen LogP contribution in [0.2, 0.25) is 0 Å². The molecule has 0 radical (unpaired) electrons. The Kier molecular flexibility index (Phi) is 4.25. The van der Waals surface area contributed by atoms with Crippen LogP contribution in [0, 0.1) is 6.92 Å². The lowest BCUT2D eigenvalue weighted by Crippen LogP contribution is -2.25. The summed E-state index contributed by atoms with van der Waals surface area (Å²) in [6.45, 7) is 1.87. The number of aromatic nitrogens is 2. The first-order valence-electron chi connectivity index (χ1n) is 5.74. The second-order valence-electron chi connectivity index (χ2n) is 3.79. The van der Waals surface area contributed by atoms with E-state index < -0.39 is 0 Å². The summed E-state index contributed by atoms with van der Waals surface area (Å²) in [4.78, 5) is 8.48. The van der Waals surface area contributed by atoms with Crippen molar-refractivity contribution >= 4 is 23.3 Å². The largest absolute Gasteiger partial charge is 0.439 e. The Hall–Kier alpha value is -2.21. The predicted molar refractivity (Wildman–Crippen MR) is 78.6 cm³/mol. The van der Waals surface area contributed by atoms with Crippen LogP contribution in [0.4, 0.5) is 5.95 Å². The van der Waals surface area contributed by atoms with Gasteiger partial charge in [-0.1, -0.05) is 18.2 Å². The lowest BCUT2D eigenvalue weighted by Gasteiger charge is -2.09. The molecule has 0 bridgehead atoms. The highest BCUT2D eigenvalue weighted by Crippen LogP contribution is 2.20. The molecule has 0 saturated heterocycles. The van der Waals surface area contributed by atoms with Crippen LogP contribution >= 0.6 is 12.2 Å². The molecule has 0 saturated carbocycles. The van der Waals surface area contributed by atoms with E-state index in [1.165, 1.54) is 0 Å². The third kappa shape index (κ3) is 3.89. The molecule has 1 aromatic carbocycles. The normalized spacial score (nSPS) is 9.79. The Morgan fingerprint density at radius 3 is 2.63 bits per heavy atom. The molecule has 2 N–H and O–H groups in total. The zero-order valence-corrected chi connectivity index (χ0v) is 11.5. The van der Waals surface area contributed by atoms with Crippen LogP contribution in [-0.2, 0) is 0 Å². The van der Waals surface area contributed by atoms with E-state index in [0.717, 1.165) is 11.4 Å². The quantitative estimate of drug-likeness (QED) is 0.839. The van der Waals surface area contributed by atoms with E-state index in [9.17, 15) is 0 Å². The molecule has 6 heteroatoms. The van der Waals surface area contributed by atoms with Gasteiger partial charge in [-0.2, -0.15) is 4.98 Å². The number of rotatable bonds is 3. The van der Waals surface area contributed by atoms with Crippen molar-refractivity contribution in [3.63, 3.8) is 0 Å². The number of para-hydroxylation sites is 1. The molecule has 0 spiro atoms. The van der Waals surface area contributed by atoms with Gasteiger partial charge in [0.15, 0.2) is 5.11 Å². The number of hydrogen-bond donors (Lipinski definition) is 2. The molecule has 0 fully saturated rings. The average Bonchev–Trinajstić information content (AvgIpc) is 2.39. The van der Waals surface area contributed by atoms with Crippen molar-refractivity contribution in [1.82, 2.24) is 15.3 Å². The minimum atomic E-state index is 0.408. The van der Waals surface area contributed by atoms with E-state index in [4.69, 9.17) is 17.0 Å². The number of benzene rings is 1. The van der Waals surface area contributed by atoms with Crippen molar-refractivity contribution in [3.05, 3.63) is 42.1 Å². The van der Waals surface area contributed by atoms with Crippen molar-refractivity contribution in [2.24, 2.45) is 0 Å². The number of nitrogens with one attached hydrogen (secondary N) is 2. The Morgan fingerprint density at radius 2 is 1.95 bits per heavy atom. The van der Waals surface area contributed by atoms with Gasteiger partial charge >= 0.3 is 0 Å². The summed E-state index contributed by atoms with van der Waals surface area (Å²) < 4.78 is 5.66. The first-order valence-corrected chi connectivity index (χ1v) is 6.15. The highest BCUT2D eigenvalue weighted by Gasteiger charge is 2.05.